The van der Waals surface area contributed by atoms with Gasteiger partial charge in [0.25, 0.3) is 0 Å². The Morgan fingerprint density at radius 1 is 0.971 bits per heavy atom. The van der Waals surface area contributed by atoms with Crippen molar-refractivity contribution in [3.63, 3.8) is 0 Å². The molecule has 2 rings (SSSR count). The first-order valence-corrected chi connectivity index (χ1v) is 13.6. The summed E-state index contributed by atoms with van der Waals surface area (Å²) in [4.78, 5) is 27.4. The molecule has 0 heterocycles. The maximum Gasteiger partial charge on any atom is 0.242 e. The average molecular weight is 488 g/mol. The number of amides is 2. The normalized spacial score (nSPS) is 12.1. The molecule has 0 saturated carbocycles. The fraction of sp³-hybridized carbons (Fsp3) is 0.462. The minimum Gasteiger partial charge on any atom is -0.357 e. The van der Waals surface area contributed by atoms with Crippen molar-refractivity contribution >= 4 is 27.5 Å². The van der Waals surface area contributed by atoms with Crippen LogP contribution in [0.2, 0.25) is 0 Å². The van der Waals surface area contributed by atoms with E-state index in [9.17, 15) is 18.0 Å². The molecule has 2 aromatic rings. The topological polar surface area (TPSA) is 86.8 Å². The molecule has 0 saturated heterocycles. The first-order chi connectivity index (χ1) is 16.1. The molecule has 0 aliphatic carbocycles. The number of benzene rings is 2. The Morgan fingerprint density at radius 3 is 2.06 bits per heavy atom. The lowest BCUT2D eigenvalue weighted by molar-refractivity contribution is -0.141. The lowest BCUT2D eigenvalue weighted by atomic mass is 10.1. The van der Waals surface area contributed by atoms with Crippen molar-refractivity contribution in [3.05, 3.63) is 65.2 Å². The summed E-state index contributed by atoms with van der Waals surface area (Å²) in [5.74, 6) is -0.387. The van der Waals surface area contributed by atoms with Crippen LogP contribution in [0.4, 0.5) is 5.69 Å². The molecule has 2 aromatic carbocycles. The van der Waals surface area contributed by atoms with Crippen molar-refractivity contribution in [2.24, 2.45) is 0 Å². The van der Waals surface area contributed by atoms with Crippen LogP contribution in [0, 0.1) is 6.92 Å². The number of nitrogens with one attached hydrogen (secondary N) is 1. The fourth-order valence-electron chi connectivity index (χ4n) is 3.88. The van der Waals surface area contributed by atoms with Crippen LogP contribution < -0.4 is 9.62 Å². The maximum absolute atomic E-state index is 13.3. The van der Waals surface area contributed by atoms with Gasteiger partial charge in [0.1, 0.15) is 6.04 Å². The van der Waals surface area contributed by atoms with Crippen LogP contribution in [0.3, 0.4) is 0 Å². The number of likely N-dealkylation sites (N-methyl/N-ethyl adjacent to an activating group) is 1. The van der Waals surface area contributed by atoms with Crippen molar-refractivity contribution < 1.29 is 18.0 Å². The van der Waals surface area contributed by atoms with E-state index >= 15 is 0 Å². The molecule has 34 heavy (non-hydrogen) atoms. The molecule has 1 N–H and O–H groups in total. The standard InChI is InChI=1S/C26H37N3O4S/c1-6-21-14-16-23(17-15-21)29(34(5,32)33)18-8-9-25(30)28(24(7-2)26(31)27-4)19-22-12-10-20(3)11-13-22/h10-17,24H,6-9,18-19H2,1-5H3,(H,27,31)/t24-/m0/s1. The molecular weight excluding hydrogens is 450 g/mol. The number of carbonyl (C=O) groups excluding carboxylic acids is 2. The summed E-state index contributed by atoms with van der Waals surface area (Å²) in [6.07, 6.45) is 3.00. The fourth-order valence-corrected chi connectivity index (χ4v) is 4.84. The molecular formula is C26H37N3O4S. The van der Waals surface area contributed by atoms with E-state index < -0.39 is 16.1 Å². The molecule has 0 unspecified atom stereocenters. The number of hydrogen-bond donors (Lipinski definition) is 1. The van der Waals surface area contributed by atoms with Gasteiger partial charge in [-0.25, -0.2) is 8.42 Å². The van der Waals surface area contributed by atoms with Gasteiger partial charge < -0.3 is 10.2 Å². The molecule has 0 spiro atoms. The molecule has 0 bridgehead atoms. The largest absolute Gasteiger partial charge is 0.357 e. The molecule has 186 valence electrons. The Morgan fingerprint density at radius 2 is 1.56 bits per heavy atom. The van der Waals surface area contributed by atoms with E-state index in [2.05, 4.69) is 5.32 Å². The van der Waals surface area contributed by atoms with Crippen molar-refractivity contribution in [2.45, 2.75) is 59.0 Å². The Balaban J connectivity index is 2.17. The van der Waals surface area contributed by atoms with Gasteiger partial charge in [0.05, 0.1) is 11.9 Å². The molecule has 0 aliphatic rings. The minimum atomic E-state index is -3.50. The van der Waals surface area contributed by atoms with Crippen molar-refractivity contribution in [1.29, 1.82) is 0 Å². The highest BCUT2D eigenvalue weighted by molar-refractivity contribution is 7.92. The Labute approximate surface area is 204 Å². The van der Waals surface area contributed by atoms with Gasteiger partial charge >= 0.3 is 0 Å². The zero-order valence-electron chi connectivity index (χ0n) is 20.9. The number of carbonyl (C=O) groups is 2. The summed E-state index contributed by atoms with van der Waals surface area (Å²) in [5.41, 5.74) is 3.77. The summed E-state index contributed by atoms with van der Waals surface area (Å²) < 4.78 is 26.2. The van der Waals surface area contributed by atoms with Crippen LogP contribution in [-0.4, -0.2) is 51.0 Å². The first kappa shape index (κ1) is 27.4. The molecule has 7 nitrogen and oxygen atoms in total. The van der Waals surface area contributed by atoms with Crippen LogP contribution in [0.25, 0.3) is 0 Å². The number of anilines is 1. The van der Waals surface area contributed by atoms with Gasteiger partial charge in [-0.2, -0.15) is 0 Å². The van der Waals surface area contributed by atoms with E-state index in [1.807, 2.05) is 57.2 Å². The molecule has 2 amide bonds. The van der Waals surface area contributed by atoms with Crippen molar-refractivity contribution in [3.8, 4) is 0 Å². The zero-order valence-corrected chi connectivity index (χ0v) is 21.7. The lowest BCUT2D eigenvalue weighted by Gasteiger charge is -2.31. The van der Waals surface area contributed by atoms with E-state index in [1.165, 1.54) is 10.6 Å². The van der Waals surface area contributed by atoms with E-state index in [0.717, 1.165) is 23.1 Å². The van der Waals surface area contributed by atoms with Crippen LogP contribution in [0.15, 0.2) is 48.5 Å². The number of hydrogen-bond acceptors (Lipinski definition) is 4. The Bertz CT molecular complexity index is 1050. The number of rotatable bonds is 12. The number of nitrogens with zero attached hydrogens (tertiary/aromatic N) is 2. The Hall–Kier alpha value is -2.87. The molecule has 0 radical (unpaired) electrons. The summed E-state index contributed by atoms with van der Waals surface area (Å²) >= 11 is 0. The number of sulfonamides is 1. The monoisotopic (exact) mass is 487 g/mol. The molecule has 0 aliphatic heterocycles. The predicted octanol–water partition coefficient (Wildman–Crippen LogP) is 3.66. The third kappa shape index (κ3) is 7.58. The summed E-state index contributed by atoms with van der Waals surface area (Å²) in [5, 5.41) is 2.65. The number of aryl methyl sites for hydroxylation is 2. The molecule has 1 atom stereocenters. The molecule has 8 heteroatoms. The highest BCUT2D eigenvalue weighted by Gasteiger charge is 2.28. The van der Waals surface area contributed by atoms with Crippen LogP contribution in [0.1, 0.15) is 49.8 Å². The van der Waals surface area contributed by atoms with Gasteiger partial charge in [0.2, 0.25) is 21.8 Å². The third-order valence-electron chi connectivity index (χ3n) is 5.89. The van der Waals surface area contributed by atoms with Gasteiger partial charge in [-0.1, -0.05) is 55.8 Å². The minimum absolute atomic E-state index is 0.137. The van der Waals surface area contributed by atoms with Gasteiger partial charge in [-0.3, -0.25) is 13.9 Å². The van der Waals surface area contributed by atoms with Crippen LogP contribution in [-0.2, 0) is 32.6 Å². The van der Waals surface area contributed by atoms with E-state index in [1.54, 1.807) is 24.1 Å². The van der Waals surface area contributed by atoms with Crippen LogP contribution in [0.5, 0.6) is 0 Å². The van der Waals surface area contributed by atoms with Crippen molar-refractivity contribution in [1.82, 2.24) is 10.2 Å². The van der Waals surface area contributed by atoms with E-state index in [-0.39, 0.29) is 24.8 Å². The van der Waals surface area contributed by atoms with E-state index in [4.69, 9.17) is 0 Å². The smallest absolute Gasteiger partial charge is 0.242 e. The van der Waals surface area contributed by atoms with Gasteiger partial charge in [-0.15, -0.1) is 0 Å². The Kier molecular flexibility index (Phi) is 10.1. The second kappa shape index (κ2) is 12.6. The maximum atomic E-state index is 13.3. The highest BCUT2D eigenvalue weighted by Crippen LogP contribution is 2.20. The second-order valence-corrected chi connectivity index (χ2v) is 10.4. The van der Waals surface area contributed by atoms with Gasteiger partial charge in [-0.05, 0) is 49.4 Å². The van der Waals surface area contributed by atoms with Gasteiger partial charge in [0.15, 0.2) is 0 Å². The lowest BCUT2D eigenvalue weighted by Crippen LogP contribution is -2.48. The van der Waals surface area contributed by atoms with Gasteiger partial charge in [0, 0.05) is 26.6 Å². The third-order valence-corrected chi connectivity index (χ3v) is 7.08. The quantitative estimate of drug-likeness (QED) is 0.495. The summed E-state index contributed by atoms with van der Waals surface area (Å²) in [7, 11) is -1.94. The molecule has 0 fully saturated rings. The van der Waals surface area contributed by atoms with E-state index in [0.29, 0.717) is 25.1 Å². The highest BCUT2D eigenvalue weighted by atomic mass is 32.2. The summed E-state index contributed by atoms with van der Waals surface area (Å²) in [6.45, 7) is 6.42. The molecule has 0 aromatic heterocycles. The summed E-state index contributed by atoms with van der Waals surface area (Å²) in [6, 6.07) is 14.7. The van der Waals surface area contributed by atoms with Crippen LogP contribution >= 0.6 is 0 Å². The zero-order chi connectivity index (χ0) is 25.3. The second-order valence-electron chi connectivity index (χ2n) is 8.50. The first-order valence-electron chi connectivity index (χ1n) is 11.7. The SMILES string of the molecule is CCc1ccc(N(CCCC(=O)N(Cc2ccc(C)cc2)[C@@H](CC)C(=O)NC)S(C)(=O)=O)cc1. The predicted molar refractivity (Wildman–Crippen MR) is 137 cm³/mol. The average Bonchev–Trinajstić information content (AvgIpc) is 2.82. The van der Waals surface area contributed by atoms with Crippen molar-refractivity contribution in [2.75, 3.05) is 24.2 Å².